The molecule has 0 aliphatic heterocycles. The number of halogens is 2. The predicted octanol–water partition coefficient (Wildman–Crippen LogP) is 3.81. The molecule has 0 saturated carbocycles. The van der Waals surface area contributed by atoms with Gasteiger partial charge in [-0.2, -0.15) is 5.10 Å². The van der Waals surface area contributed by atoms with Crippen LogP contribution in [0, 0.1) is 18.6 Å². The zero-order valence-corrected chi connectivity index (χ0v) is 19.5. The van der Waals surface area contributed by atoms with Crippen molar-refractivity contribution in [2.24, 2.45) is 0 Å². The van der Waals surface area contributed by atoms with Gasteiger partial charge in [-0.1, -0.05) is 36.4 Å². The summed E-state index contributed by atoms with van der Waals surface area (Å²) in [5.74, 6) is -1.69. The average molecular weight is 494 g/mol. The molecule has 7 nitrogen and oxygen atoms in total. The Morgan fingerprint density at radius 2 is 1.89 bits per heavy atom. The van der Waals surface area contributed by atoms with Gasteiger partial charge in [0, 0.05) is 22.9 Å². The zero-order chi connectivity index (χ0) is 24.6. The Balaban J connectivity index is 1.56. The lowest BCUT2D eigenvalue weighted by atomic mass is 9.92. The minimum absolute atomic E-state index is 0.159. The molecule has 0 saturated heterocycles. The fourth-order valence-corrected chi connectivity index (χ4v) is 5.39. The van der Waals surface area contributed by atoms with Crippen LogP contribution in [-0.4, -0.2) is 29.4 Å². The monoisotopic (exact) mass is 493 g/mol. The van der Waals surface area contributed by atoms with Gasteiger partial charge in [0.05, 0.1) is 24.8 Å². The molecule has 3 heterocycles. The first-order chi connectivity index (χ1) is 16.8. The quantitative estimate of drug-likeness (QED) is 0.373. The van der Waals surface area contributed by atoms with Gasteiger partial charge in [0.25, 0.3) is 5.56 Å². The molecule has 0 bridgehead atoms. The maximum Gasteiger partial charge on any atom is 0.262 e. The number of benzene rings is 2. The highest BCUT2D eigenvalue weighted by Crippen LogP contribution is 2.31. The van der Waals surface area contributed by atoms with E-state index < -0.39 is 17.2 Å². The Morgan fingerprint density at radius 3 is 2.60 bits per heavy atom. The summed E-state index contributed by atoms with van der Waals surface area (Å²) in [6, 6.07) is 12.9. The molecule has 0 fully saturated rings. The van der Waals surface area contributed by atoms with Crippen LogP contribution in [0.25, 0.3) is 10.2 Å². The zero-order valence-electron chi connectivity index (χ0n) is 18.7. The minimum atomic E-state index is -1.93. The van der Waals surface area contributed by atoms with E-state index in [-0.39, 0.29) is 24.2 Å². The van der Waals surface area contributed by atoms with Crippen LogP contribution in [0.15, 0.2) is 72.3 Å². The second kappa shape index (κ2) is 9.12. The van der Waals surface area contributed by atoms with Crippen LogP contribution in [0.5, 0.6) is 0 Å². The fraction of sp³-hybridized carbons (Fsp3) is 0.200. The number of aromatic nitrogens is 5. The molecule has 10 heteroatoms. The first-order valence-electron chi connectivity index (χ1n) is 10.9. The Kier molecular flexibility index (Phi) is 6.00. The Labute approximate surface area is 203 Å². The first kappa shape index (κ1) is 23.0. The largest absolute Gasteiger partial charge is 0.381 e. The summed E-state index contributed by atoms with van der Waals surface area (Å²) in [4.78, 5) is 23.4. The molecule has 0 radical (unpaired) electrons. The van der Waals surface area contributed by atoms with Crippen LogP contribution in [0.3, 0.4) is 0 Å². The van der Waals surface area contributed by atoms with Gasteiger partial charge in [0.1, 0.15) is 34.7 Å². The number of fused-ring (bicyclic) bond motifs is 1. The number of hydrogen-bond donors (Lipinski definition) is 1. The summed E-state index contributed by atoms with van der Waals surface area (Å²) < 4.78 is 30.9. The maximum atomic E-state index is 14.8. The van der Waals surface area contributed by atoms with E-state index in [2.05, 4.69) is 15.1 Å². The van der Waals surface area contributed by atoms with Crippen molar-refractivity contribution in [1.82, 2.24) is 24.3 Å². The van der Waals surface area contributed by atoms with E-state index >= 15 is 0 Å². The summed E-state index contributed by atoms with van der Waals surface area (Å²) in [7, 11) is 0. The summed E-state index contributed by atoms with van der Waals surface area (Å²) in [5, 5.41) is 16.1. The molecular weight excluding hydrogens is 472 g/mol. The van der Waals surface area contributed by atoms with Crippen LogP contribution in [0.1, 0.15) is 21.6 Å². The third kappa shape index (κ3) is 4.50. The van der Waals surface area contributed by atoms with Crippen LogP contribution in [0.4, 0.5) is 8.78 Å². The van der Waals surface area contributed by atoms with E-state index in [4.69, 9.17) is 0 Å². The lowest BCUT2D eigenvalue weighted by molar-refractivity contribution is -0.00641. The molecule has 2 aromatic carbocycles. The van der Waals surface area contributed by atoms with Gasteiger partial charge >= 0.3 is 0 Å². The van der Waals surface area contributed by atoms with Gasteiger partial charge < -0.3 is 5.11 Å². The number of hydrogen-bond acceptors (Lipinski definition) is 6. The molecule has 5 aromatic rings. The average Bonchev–Trinajstić information content (AvgIpc) is 3.44. The van der Waals surface area contributed by atoms with Crippen LogP contribution < -0.4 is 5.56 Å². The molecule has 35 heavy (non-hydrogen) atoms. The summed E-state index contributed by atoms with van der Waals surface area (Å²) in [6.07, 6.45) is 4.67. The number of thiophene rings is 1. The van der Waals surface area contributed by atoms with E-state index in [1.54, 1.807) is 0 Å². The molecule has 0 spiro atoms. The smallest absolute Gasteiger partial charge is 0.262 e. The van der Waals surface area contributed by atoms with Gasteiger partial charge in [-0.3, -0.25) is 9.36 Å². The number of nitrogens with zero attached hydrogens (tertiary/aromatic N) is 5. The van der Waals surface area contributed by atoms with Gasteiger partial charge in [0.2, 0.25) is 0 Å². The van der Waals surface area contributed by atoms with E-state index in [0.717, 1.165) is 22.1 Å². The number of rotatable bonds is 7. The van der Waals surface area contributed by atoms with Crippen molar-refractivity contribution in [1.29, 1.82) is 0 Å². The lowest BCUT2D eigenvalue weighted by Gasteiger charge is -2.29. The SMILES string of the molecule is Cc1c(Cc2ccccc2)sc2ncn(CC(O)(Cn3cncn3)c3ccc(F)cc3F)c(=O)c12. The first-order valence-corrected chi connectivity index (χ1v) is 11.7. The van der Waals surface area contributed by atoms with Gasteiger partial charge in [0.15, 0.2) is 0 Å². The molecular formula is C25H21F2N5O2S. The molecule has 3 aromatic heterocycles. The summed E-state index contributed by atoms with van der Waals surface area (Å²) >= 11 is 1.45. The van der Waals surface area contributed by atoms with E-state index in [9.17, 15) is 18.7 Å². The normalized spacial score (nSPS) is 13.3. The Morgan fingerprint density at radius 1 is 1.09 bits per heavy atom. The summed E-state index contributed by atoms with van der Waals surface area (Å²) in [5.41, 5.74) is -0.484. The third-order valence-electron chi connectivity index (χ3n) is 5.98. The molecule has 1 unspecified atom stereocenters. The molecule has 1 N–H and O–H groups in total. The van der Waals surface area contributed by atoms with E-state index in [1.807, 2.05) is 37.3 Å². The van der Waals surface area contributed by atoms with Crippen molar-refractivity contribution in [3.05, 3.63) is 111 Å². The topological polar surface area (TPSA) is 85.8 Å². The van der Waals surface area contributed by atoms with Gasteiger partial charge in [-0.15, -0.1) is 11.3 Å². The van der Waals surface area contributed by atoms with Crippen molar-refractivity contribution >= 4 is 21.6 Å². The molecule has 0 aliphatic rings. The molecule has 0 aliphatic carbocycles. The van der Waals surface area contributed by atoms with Crippen molar-refractivity contribution < 1.29 is 13.9 Å². The number of aliphatic hydroxyl groups is 1. The highest BCUT2D eigenvalue weighted by molar-refractivity contribution is 7.18. The number of aryl methyl sites for hydroxylation is 1. The van der Waals surface area contributed by atoms with Crippen LogP contribution in [0.2, 0.25) is 0 Å². The molecule has 0 amide bonds. The van der Waals surface area contributed by atoms with Crippen LogP contribution >= 0.6 is 11.3 Å². The van der Waals surface area contributed by atoms with E-state index in [0.29, 0.717) is 22.7 Å². The van der Waals surface area contributed by atoms with Gasteiger partial charge in [-0.25, -0.2) is 23.4 Å². The fourth-order valence-electron chi connectivity index (χ4n) is 4.22. The molecule has 178 valence electrons. The lowest BCUT2D eigenvalue weighted by Crippen LogP contribution is -2.40. The third-order valence-corrected chi connectivity index (χ3v) is 7.18. The highest BCUT2D eigenvalue weighted by Gasteiger charge is 2.35. The molecule has 5 rings (SSSR count). The second-order valence-electron chi connectivity index (χ2n) is 8.42. The van der Waals surface area contributed by atoms with Crippen molar-refractivity contribution in [2.45, 2.75) is 32.0 Å². The summed E-state index contributed by atoms with van der Waals surface area (Å²) in [6.45, 7) is 1.36. The maximum absolute atomic E-state index is 14.8. The predicted molar refractivity (Wildman–Crippen MR) is 128 cm³/mol. The van der Waals surface area contributed by atoms with Crippen molar-refractivity contribution in [3.8, 4) is 0 Å². The molecule has 1 atom stereocenters. The second-order valence-corrected chi connectivity index (χ2v) is 9.50. The Hall–Kier alpha value is -3.76. The standard InChI is InChI=1S/C25H21F2N5O2S/c1-16-21(9-17-5-3-2-4-6-17)35-23-22(16)24(33)31(15-29-23)11-25(34,12-32-14-28-13-30-32)19-8-7-18(26)10-20(19)27/h2-8,10,13-15,34H,9,11-12H2,1H3. The Bertz CT molecular complexity index is 1550. The minimum Gasteiger partial charge on any atom is -0.381 e. The van der Waals surface area contributed by atoms with Crippen molar-refractivity contribution in [2.75, 3.05) is 0 Å². The van der Waals surface area contributed by atoms with Crippen molar-refractivity contribution in [3.63, 3.8) is 0 Å². The van der Waals surface area contributed by atoms with Gasteiger partial charge in [-0.05, 0) is 24.1 Å². The highest BCUT2D eigenvalue weighted by atomic mass is 32.1. The van der Waals surface area contributed by atoms with E-state index in [1.165, 1.54) is 45.6 Å². The van der Waals surface area contributed by atoms with Crippen LogP contribution in [-0.2, 0) is 25.1 Å².